The number of hydrogen-bond acceptors (Lipinski definition) is 7. The molecule has 1 aliphatic rings. The van der Waals surface area contributed by atoms with Gasteiger partial charge < -0.3 is 14.2 Å². The number of methoxy groups -OCH3 is 1. The maximum Gasteiger partial charge on any atom is 0.338 e. The molecule has 3 aromatic rings. The molecule has 186 valence electrons. The third-order valence-corrected chi connectivity index (χ3v) is 7.16. The van der Waals surface area contributed by atoms with E-state index < -0.39 is 12.0 Å². The Morgan fingerprint density at radius 1 is 1.25 bits per heavy atom. The number of thiazole rings is 1. The second kappa shape index (κ2) is 11.1. The molecular formula is C27H25BrN2O5S. The third-order valence-electron chi connectivity index (χ3n) is 5.55. The van der Waals surface area contributed by atoms with Gasteiger partial charge in [-0.1, -0.05) is 42.2 Å². The van der Waals surface area contributed by atoms with Crippen LogP contribution in [0.25, 0.3) is 6.08 Å². The van der Waals surface area contributed by atoms with Gasteiger partial charge in [0, 0.05) is 0 Å². The van der Waals surface area contributed by atoms with Crippen LogP contribution in [0.1, 0.15) is 31.0 Å². The molecule has 1 aromatic heterocycles. The molecule has 0 unspecified atom stereocenters. The van der Waals surface area contributed by atoms with Gasteiger partial charge in [-0.2, -0.15) is 0 Å². The lowest BCUT2D eigenvalue weighted by atomic mass is 9.96. The molecule has 0 radical (unpaired) electrons. The summed E-state index contributed by atoms with van der Waals surface area (Å²) in [6.07, 6.45) is 3.49. The first-order valence-electron chi connectivity index (χ1n) is 11.2. The van der Waals surface area contributed by atoms with Gasteiger partial charge in [-0.25, -0.2) is 9.79 Å². The van der Waals surface area contributed by atoms with Gasteiger partial charge in [-0.05, 0) is 71.2 Å². The highest BCUT2D eigenvalue weighted by molar-refractivity contribution is 9.10. The fourth-order valence-corrected chi connectivity index (χ4v) is 5.53. The monoisotopic (exact) mass is 568 g/mol. The summed E-state index contributed by atoms with van der Waals surface area (Å²) in [5, 5.41) is 0. The van der Waals surface area contributed by atoms with Gasteiger partial charge in [0.15, 0.2) is 4.80 Å². The van der Waals surface area contributed by atoms with Crippen LogP contribution in [-0.2, 0) is 9.53 Å². The number of halogens is 1. The molecule has 1 aliphatic heterocycles. The van der Waals surface area contributed by atoms with Crippen molar-refractivity contribution in [3.8, 4) is 11.5 Å². The summed E-state index contributed by atoms with van der Waals surface area (Å²) in [5.41, 5.74) is 2.18. The van der Waals surface area contributed by atoms with Crippen molar-refractivity contribution in [1.82, 2.24) is 4.57 Å². The Morgan fingerprint density at radius 2 is 2.00 bits per heavy atom. The molecule has 2 heterocycles. The molecule has 9 heteroatoms. The SMILES string of the molecule is C=CCOc1ccc(/C=c2/sc3n(c2=O)[C@H](c2ccc(OC)c(Br)c2)C(C(=O)OCC)=C(C)N=3)cc1. The van der Waals surface area contributed by atoms with E-state index in [9.17, 15) is 9.59 Å². The van der Waals surface area contributed by atoms with Crippen molar-refractivity contribution >= 4 is 39.3 Å². The summed E-state index contributed by atoms with van der Waals surface area (Å²) >= 11 is 4.80. The van der Waals surface area contributed by atoms with E-state index in [0.29, 0.717) is 43.2 Å². The number of carbonyl (C=O) groups excluding carboxylic acids is 1. The highest BCUT2D eigenvalue weighted by Crippen LogP contribution is 2.35. The van der Waals surface area contributed by atoms with Gasteiger partial charge in [0.2, 0.25) is 0 Å². The number of aromatic nitrogens is 1. The Labute approximate surface area is 220 Å². The lowest BCUT2D eigenvalue weighted by Crippen LogP contribution is -2.39. The summed E-state index contributed by atoms with van der Waals surface area (Å²) in [4.78, 5) is 31.8. The van der Waals surface area contributed by atoms with Crippen LogP contribution < -0.4 is 24.4 Å². The molecule has 2 aromatic carbocycles. The summed E-state index contributed by atoms with van der Waals surface area (Å²) in [6, 6.07) is 12.2. The quantitative estimate of drug-likeness (QED) is 0.301. The third kappa shape index (κ3) is 5.08. The van der Waals surface area contributed by atoms with E-state index in [1.807, 2.05) is 42.5 Å². The predicted molar refractivity (Wildman–Crippen MR) is 143 cm³/mol. The minimum absolute atomic E-state index is 0.214. The lowest BCUT2D eigenvalue weighted by molar-refractivity contribution is -0.139. The minimum atomic E-state index is -0.695. The Bertz CT molecular complexity index is 1520. The molecule has 0 saturated carbocycles. The summed E-state index contributed by atoms with van der Waals surface area (Å²) in [6.45, 7) is 7.79. The molecule has 0 spiro atoms. The number of nitrogens with zero attached hydrogens (tertiary/aromatic N) is 2. The Hall–Kier alpha value is -3.43. The van der Waals surface area contributed by atoms with Gasteiger partial charge in [0.1, 0.15) is 18.1 Å². The molecule has 4 rings (SSSR count). The lowest BCUT2D eigenvalue weighted by Gasteiger charge is -2.25. The zero-order chi connectivity index (χ0) is 25.8. The van der Waals surface area contributed by atoms with Gasteiger partial charge >= 0.3 is 5.97 Å². The molecule has 0 aliphatic carbocycles. The Kier molecular flexibility index (Phi) is 7.91. The number of esters is 1. The molecule has 1 atom stereocenters. The highest BCUT2D eigenvalue weighted by atomic mass is 79.9. The summed E-state index contributed by atoms with van der Waals surface area (Å²) in [7, 11) is 1.58. The molecular weight excluding hydrogens is 544 g/mol. The normalized spacial score (nSPS) is 15.2. The average molecular weight is 569 g/mol. The largest absolute Gasteiger partial charge is 0.496 e. The van der Waals surface area contributed by atoms with Crippen LogP contribution in [0, 0.1) is 0 Å². The fourth-order valence-electron chi connectivity index (χ4n) is 3.93. The number of ether oxygens (including phenoxy) is 3. The van der Waals surface area contributed by atoms with Crippen molar-refractivity contribution in [2.45, 2.75) is 19.9 Å². The Morgan fingerprint density at radius 3 is 2.64 bits per heavy atom. The van der Waals surface area contributed by atoms with E-state index in [1.165, 1.54) is 11.3 Å². The smallest absolute Gasteiger partial charge is 0.338 e. The average Bonchev–Trinajstić information content (AvgIpc) is 3.17. The number of rotatable bonds is 8. The first-order valence-corrected chi connectivity index (χ1v) is 12.9. The van der Waals surface area contributed by atoms with Crippen molar-refractivity contribution in [1.29, 1.82) is 0 Å². The van der Waals surface area contributed by atoms with Crippen LogP contribution in [0.15, 0.2) is 80.6 Å². The summed E-state index contributed by atoms with van der Waals surface area (Å²) in [5.74, 6) is 0.860. The van der Waals surface area contributed by atoms with Crippen LogP contribution in [0.5, 0.6) is 11.5 Å². The number of hydrogen-bond donors (Lipinski definition) is 0. The number of allylic oxidation sites excluding steroid dienone is 1. The van der Waals surface area contributed by atoms with Gasteiger partial charge in [-0.3, -0.25) is 9.36 Å². The fraction of sp³-hybridized carbons (Fsp3) is 0.222. The van der Waals surface area contributed by atoms with Crippen molar-refractivity contribution in [3.05, 3.63) is 102 Å². The summed E-state index contributed by atoms with van der Waals surface area (Å²) < 4.78 is 19.0. The molecule has 0 bridgehead atoms. The van der Waals surface area contributed by atoms with E-state index in [2.05, 4.69) is 27.5 Å². The molecule has 0 saturated heterocycles. The van der Waals surface area contributed by atoms with E-state index in [4.69, 9.17) is 14.2 Å². The van der Waals surface area contributed by atoms with Gasteiger partial charge in [0.05, 0.1) is 40.0 Å². The van der Waals surface area contributed by atoms with Crippen molar-refractivity contribution in [2.75, 3.05) is 20.3 Å². The number of benzene rings is 2. The highest BCUT2D eigenvalue weighted by Gasteiger charge is 2.33. The second-order valence-electron chi connectivity index (χ2n) is 7.86. The van der Waals surface area contributed by atoms with E-state index in [0.717, 1.165) is 11.1 Å². The minimum Gasteiger partial charge on any atom is -0.496 e. The van der Waals surface area contributed by atoms with Gasteiger partial charge in [0.25, 0.3) is 5.56 Å². The molecule has 0 fully saturated rings. The first kappa shape index (κ1) is 25.7. The van der Waals surface area contributed by atoms with Crippen molar-refractivity contribution in [3.63, 3.8) is 0 Å². The van der Waals surface area contributed by atoms with Gasteiger partial charge in [-0.15, -0.1) is 0 Å². The van der Waals surface area contributed by atoms with Crippen LogP contribution in [-0.4, -0.2) is 30.9 Å². The standard InChI is InChI=1S/C27H25BrN2O5S/c1-5-13-35-19-10-7-17(8-11-19)14-22-25(31)30-24(18-9-12-21(33-4)20(28)15-18)23(26(32)34-6-2)16(3)29-27(30)36-22/h5,7-12,14-15,24H,1,6,13H2,2-4H3/b22-14+/t24-/m1/s1. The molecule has 7 nitrogen and oxygen atoms in total. The second-order valence-corrected chi connectivity index (χ2v) is 9.73. The molecule has 0 N–H and O–H groups in total. The topological polar surface area (TPSA) is 79.1 Å². The maximum absolute atomic E-state index is 13.7. The van der Waals surface area contributed by atoms with Crippen molar-refractivity contribution < 1.29 is 19.0 Å². The van der Waals surface area contributed by atoms with Crippen LogP contribution >= 0.6 is 27.3 Å². The van der Waals surface area contributed by atoms with Crippen molar-refractivity contribution in [2.24, 2.45) is 4.99 Å². The number of fused-ring (bicyclic) bond motifs is 1. The van der Waals surface area contributed by atoms with E-state index in [-0.39, 0.29) is 12.2 Å². The molecule has 0 amide bonds. The maximum atomic E-state index is 13.7. The van der Waals surface area contributed by atoms with Crippen LogP contribution in [0.4, 0.5) is 0 Å². The number of carbonyl (C=O) groups is 1. The first-order chi connectivity index (χ1) is 17.4. The van der Waals surface area contributed by atoms with Crippen LogP contribution in [0.2, 0.25) is 0 Å². The Balaban J connectivity index is 1.86. The predicted octanol–water partition coefficient (Wildman–Crippen LogP) is 4.13. The molecule has 36 heavy (non-hydrogen) atoms. The zero-order valence-corrected chi connectivity index (χ0v) is 22.5. The van der Waals surface area contributed by atoms with E-state index >= 15 is 0 Å². The zero-order valence-electron chi connectivity index (χ0n) is 20.1. The van der Waals surface area contributed by atoms with Crippen LogP contribution in [0.3, 0.4) is 0 Å². The van der Waals surface area contributed by atoms with E-state index in [1.54, 1.807) is 37.7 Å².